The van der Waals surface area contributed by atoms with Crippen molar-refractivity contribution in [3.63, 3.8) is 0 Å². The summed E-state index contributed by atoms with van der Waals surface area (Å²) in [5, 5.41) is 0.462. The van der Waals surface area contributed by atoms with Gasteiger partial charge >= 0.3 is 0 Å². The lowest BCUT2D eigenvalue weighted by molar-refractivity contribution is -0.129. The van der Waals surface area contributed by atoms with Gasteiger partial charge in [0.25, 0.3) is 0 Å². The van der Waals surface area contributed by atoms with Crippen molar-refractivity contribution >= 4 is 28.0 Å². The predicted octanol–water partition coefficient (Wildman–Crippen LogP) is 2.49. The Kier molecular flexibility index (Phi) is 5.27. The Balaban J connectivity index is 2.04. The number of hydrogen-bond donors (Lipinski definition) is 1. The average Bonchev–Trinajstić information content (AvgIpc) is 3.00. The summed E-state index contributed by atoms with van der Waals surface area (Å²) >= 11 is 1.36. The van der Waals surface area contributed by atoms with E-state index < -0.39 is 0 Å². The van der Waals surface area contributed by atoms with Crippen LogP contribution in [0, 0.1) is 0 Å². The van der Waals surface area contributed by atoms with Gasteiger partial charge in [-0.05, 0) is 24.1 Å². The van der Waals surface area contributed by atoms with E-state index in [9.17, 15) is 9.59 Å². The van der Waals surface area contributed by atoms with Crippen molar-refractivity contribution in [2.75, 3.05) is 33.6 Å². The van der Waals surface area contributed by atoms with E-state index in [4.69, 9.17) is 19.9 Å². The maximum Gasteiger partial charge on any atom is 0.219 e. The quantitative estimate of drug-likeness (QED) is 0.789. The summed E-state index contributed by atoms with van der Waals surface area (Å²) in [6, 6.07) is 3.25. The summed E-state index contributed by atoms with van der Waals surface area (Å²) in [4.78, 5) is 27.6. The molecule has 2 aromatic rings. The molecule has 7 nitrogen and oxygen atoms in total. The number of anilines is 1. The molecule has 0 spiro atoms. The molecule has 0 saturated heterocycles. The molecule has 0 fully saturated rings. The van der Waals surface area contributed by atoms with Crippen LogP contribution in [0.2, 0.25) is 0 Å². The number of benzene rings is 1. The Bertz CT molecular complexity index is 881. The smallest absolute Gasteiger partial charge is 0.219 e. The number of methoxy groups -OCH3 is 3. The zero-order chi connectivity index (χ0) is 19.7. The maximum absolute atomic E-state index is 13.2. The van der Waals surface area contributed by atoms with Gasteiger partial charge in [0, 0.05) is 23.9 Å². The van der Waals surface area contributed by atoms with Gasteiger partial charge < -0.3 is 24.8 Å². The lowest BCUT2D eigenvalue weighted by Gasteiger charge is -2.26. The van der Waals surface area contributed by atoms with Crippen molar-refractivity contribution in [1.82, 2.24) is 4.90 Å². The maximum atomic E-state index is 13.2. The first kappa shape index (κ1) is 19.0. The number of nitrogens with two attached hydrogens (primary N) is 1. The Hall–Kier alpha value is -2.74. The Morgan fingerprint density at radius 3 is 2.26 bits per heavy atom. The molecule has 1 aliphatic rings. The van der Waals surface area contributed by atoms with E-state index in [0.29, 0.717) is 52.9 Å². The van der Waals surface area contributed by atoms with Gasteiger partial charge in [-0.2, -0.15) is 0 Å². The number of fused-ring (bicyclic) bond motifs is 1. The Morgan fingerprint density at radius 2 is 1.74 bits per heavy atom. The summed E-state index contributed by atoms with van der Waals surface area (Å²) in [5.74, 6) is 1.07. The first-order chi connectivity index (χ1) is 12.9. The number of nitrogens with zero attached hydrogens (tertiary/aromatic N) is 1. The van der Waals surface area contributed by atoms with E-state index in [-0.39, 0.29) is 11.7 Å². The van der Waals surface area contributed by atoms with Crippen molar-refractivity contribution in [3.05, 3.63) is 33.7 Å². The Labute approximate surface area is 161 Å². The molecule has 144 valence electrons. The molecule has 0 bridgehead atoms. The van der Waals surface area contributed by atoms with Crippen molar-refractivity contribution in [2.24, 2.45) is 0 Å². The zero-order valence-electron chi connectivity index (χ0n) is 15.8. The molecule has 2 heterocycles. The van der Waals surface area contributed by atoms with Crippen molar-refractivity contribution < 1.29 is 23.8 Å². The van der Waals surface area contributed by atoms with Crippen LogP contribution < -0.4 is 19.9 Å². The standard InChI is InChI=1S/C19H22N2O5S/c1-10(22)21-6-5-12-15(9-21)27-19(20)16(12)17(23)11-7-13(24-2)18(26-4)14(8-11)25-3/h7-8H,5-6,9,20H2,1-4H3. The highest BCUT2D eigenvalue weighted by atomic mass is 32.1. The number of ether oxygens (including phenoxy) is 3. The fourth-order valence-corrected chi connectivity index (χ4v) is 4.43. The molecule has 27 heavy (non-hydrogen) atoms. The number of hydrogen-bond acceptors (Lipinski definition) is 7. The molecule has 2 N–H and O–H groups in total. The third-order valence-corrected chi connectivity index (χ3v) is 5.73. The van der Waals surface area contributed by atoms with E-state index in [1.165, 1.54) is 32.7 Å². The molecule has 0 saturated carbocycles. The fourth-order valence-electron chi connectivity index (χ4n) is 3.30. The lowest BCUT2D eigenvalue weighted by Crippen LogP contribution is -2.33. The van der Waals surface area contributed by atoms with Crippen molar-refractivity contribution in [3.8, 4) is 17.2 Å². The van der Waals surface area contributed by atoms with E-state index >= 15 is 0 Å². The van der Waals surface area contributed by atoms with Crippen LogP contribution in [0.5, 0.6) is 17.2 Å². The first-order valence-corrected chi connectivity index (χ1v) is 9.23. The minimum absolute atomic E-state index is 0.0186. The largest absolute Gasteiger partial charge is 0.493 e. The zero-order valence-corrected chi connectivity index (χ0v) is 16.6. The number of amides is 1. The topological polar surface area (TPSA) is 91.1 Å². The summed E-state index contributed by atoms with van der Waals surface area (Å²) in [7, 11) is 4.52. The van der Waals surface area contributed by atoms with E-state index in [1.54, 1.807) is 24.0 Å². The van der Waals surface area contributed by atoms with Gasteiger partial charge in [-0.25, -0.2) is 0 Å². The summed E-state index contributed by atoms with van der Waals surface area (Å²) < 4.78 is 16.0. The second kappa shape index (κ2) is 7.48. The highest BCUT2D eigenvalue weighted by Gasteiger charge is 2.29. The monoisotopic (exact) mass is 390 g/mol. The lowest BCUT2D eigenvalue weighted by atomic mass is 9.96. The Morgan fingerprint density at radius 1 is 1.11 bits per heavy atom. The molecular weight excluding hydrogens is 368 g/mol. The van der Waals surface area contributed by atoms with Crippen LogP contribution >= 0.6 is 11.3 Å². The number of thiophene rings is 1. The van der Waals surface area contributed by atoms with Gasteiger partial charge in [-0.3, -0.25) is 9.59 Å². The summed E-state index contributed by atoms with van der Waals surface area (Å²) in [6.07, 6.45) is 0.605. The van der Waals surface area contributed by atoms with Crippen molar-refractivity contribution in [1.29, 1.82) is 0 Å². The third kappa shape index (κ3) is 3.32. The van der Waals surface area contributed by atoms with Crippen LogP contribution in [0.1, 0.15) is 33.3 Å². The molecule has 1 amide bonds. The molecular formula is C19H22N2O5S. The number of carbonyl (C=O) groups is 2. The van der Waals surface area contributed by atoms with Gasteiger partial charge in [0.1, 0.15) is 0 Å². The van der Waals surface area contributed by atoms with E-state index in [0.717, 1.165) is 10.4 Å². The van der Waals surface area contributed by atoms with E-state index in [2.05, 4.69) is 0 Å². The molecule has 0 unspecified atom stereocenters. The van der Waals surface area contributed by atoms with Crippen LogP contribution in [0.3, 0.4) is 0 Å². The molecule has 0 radical (unpaired) electrons. The SMILES string of the molecule is COc1cc(C(=O)c2c(N)sc3c2CCN(C(C)=O)C3)cc(OC)c1OC. The van der Waals surface area contributed by atoms with Crippen LogP contribution in [-0.2, 0) is 17.8 Å². The summed E-state index contributed by atoms with van der Waals surface area (Å²) in [5.41, 5.74) is 8.02. The van der Waals surface area contributed by atoms with Gasteiger partial charge in [0.05, 0.1) is 38.4 Å². The van der Waals surface area contributed by atoms with Gasteiger partial charge in [-0.1, -0.05) is 0 Å². The number of rotatable bonds is 5. The minimum Gasteiger partial charge on any atom is -0.493 e. The molecule has 3 rings (SSSR count). The second-order valence-electron chi connectivity index (χ2n) is 6.18. The minimum atomic E-state index is -0.194. The molecule has 8 heteroatoms. The van der Waals surface area contributed by atoms with E-state index in [1.807, 2.05) is 0 Å². The first-order valence-electron chi connectivity index (χ1n) is 8.41. The normalized spacial score (nSPS) is 13.1. The number of nitrogen functional groups attached to an aromatic ring is 1. The van der Waals surface area contributed by atoms with Gasteiger partial charge in [0.15, 0.2) is 17.3 Å². The van der Waals surface area contributed by atoms with Crippen LogP contribution in [0.25, 0.3) is 0 Å². The molecule has 1 aromatic heterocycles. The van der Waals surface area contributed by atoms with Crippen LogP contribution in [0.15, 0.2) is 12.1 Å². The second-order valence-corrected chi connectivity index (χ2v) is 7.31. The summed E-state index contributed by atoms with van der Waals surface area (Å²) in [6.45, 7) is 2.61. The predicted molar refractivity (Wildman–Crippen MR) is 103 cm³/mol. The fraction of sp³-hybridized carbons (Fsp3) is 0.368. The number of carbonyl (C=O) groups excluding carboxylic acids is 2. The highest BCUT2D eigenvalue weighted by molar-refractivity contribution is 7.16. The van der Waals surface area contributed by atoms with Crippen molar-refractivity contribution in [2.45, 2.75) is 19.9 Å². The van der Waals surface area contributed by atoms with Gasteiger partial charge in [-0.15, -0.1) is 11.3 Å². The molecule has 1 aliphatic heterocycles. The third-order valence-electron chi connectivity index (χ3n) is 4.68. The average molecular weight is 390 g/mol. The highest BCUT2D eigenvalue weighted by Crippen LogP contribution is 2.41. The molecule has 1 aromatic carbocycles. The number of ketones is 1. The van der Waals surface area contributed by atoms with Gasteiger partial charge in [0.2, 0.25) is 11.7 Å². The van der Waals surface area contributed by atoms with Crippen LogP contribution in [-0.4, -0.2) is 44.5 Å². The van der Waals surface area contributed by atoms with Crippen LogP contribution in [0.4, 0.5) is 5.00 Å². The molecule has 0 atom stereocenters. The molecule has 0 aliphatic carbocycles.